The van der Waals surface area contributed by atoms with Crippen molar-refractivity contribution in [3.8, 4) is 11.5 Å². The Bertz CT molecular complexity index is 629. The maximum Gasteiger partial charge on any atom is 0.322 e. The molecular weight excluding hydrogens is 332 g/mol. The number of nitrogens with zero attached hydrogens (tertiary/aromatic N) is 1. The Morgan fingerprint density at radius 2 is 1.92 bits per heavy atom. The minimum Gasteiger partial charge on any atom is -0.486 e. The van der Waals surface area contributed by atoms with E-state index in [-0.39, 0.29) is 6.03 Å². The molecule has 7 heteroatoms. The maximum absolute atomic E-state index is 12.7. The molecule has 1 atom stereocenters. The number of ether oxygens (including phenoxy) is 3. The molecule has 1 aliphatic carbocycles. The van der Waals surface area contributed by atoms with Crippen molar-refractivity contribution in [2.24, 2.45) is 5.92 Å². The fourth-order valence-corrected chi connectivity index (χ4v) is 3.34. The average molecular weight is 353 g/mol. The largest absolute Gasteiger partial charge is 0.486 e. The summed E-state index contributed by atoms with van der Waals surface area (Å²) >= 11 is 6.29. The lowest BCUT2D eigenvalue weighted by Crippen LogP contribution is -2.40. The summed E-state index contributed by atoms with van der Waals surface area (Å²) in [4.78, 5) is 14.7. The topological polar surface area (TPSA) is 60.0 Å². The van der Waals surface area contributed by atoms with Crippen molar-refractivity contribution in [1.82, 2.24) is 4.90 Å². The van der Waals surface area contributed by atoms with E-state index in [2.05, 4.69) is 5.32 Å². The lowest BCUT2D eigenvalue weighted by molar-refractivity contribution is 0.167. The van der Waals surface area contributed by atoms with Gasteiger partial charge in [-0.2, -0.15) is 0 Å². The second-order valence-corrected chi connectivity index (χ2v) is 6.93. The molecule has 0 aromatic heterocycles. The van der Waals surface area contributed by atoms with Gasteiger partial charge >= 0.3 is 6.03 Å². The summed E-state index contributed by atoms with van der Waals surface area (Å²) < 4.78 is 16.5. The van der Waals surface area contributed by atoms with Crippen molar-refractivity contribution in [2.45, 2.75) is 25.3 Å². The zero-order valence-corrected chi connectivity index (χ0v) is 14.2. The van der Waals surface area contributed by atoms with Crippen LogP contribution < -0.4 is 14.8 Å². The molecular formula is C17H21ClN2O4. The van der Waals surface area contributed by atoms with Gasteiger partial charge in [0.25, 0.3) is 0 Å². The Morgan fingerprint density at radius 1 is 1.17 bits per heavy atom. The van der Waals surface area contributed by atoms with E-state index in [0.29, 0.717) is 47.4 Å². The molecule has 2 heterocycles. The highest BCUT2D eigenvalue weighted by Gasteiger charge is 2.35. The van der Waals surface area contributed by atoms with E-state index in [1.807, 2.05) is 4.90 Å². The van der Waals surface area contributed by atoms with E-state index >= 15 is 0 Å². The van der Waals surface area contributed by atoms with E-state index in [0.717, 1.165) is 39.0 Å². The summed E-state index contributed by atoms with van der Waals surface area (Å²) in [5.41, 5.74) is 0.555. The fourth-order valence-electron chi connectivity index (χ4n) is 3.14. The normalized spacial score (nSPS) is 22.3. The number of anilines is 1. The average Bonchev–Trinajstić information content (AvgIpc) is 3.29. The molecule has 2 aliphatic heterocycles. The first-order valence-electron chi connectivity index (χ1n) is 8.45. The van der Waals surface area contributed by atoms with Crippen molar-refractivity contribution in [2.75, 3.05) is 38.3 Å². The molecule has 1 saturated heterocycles. The summed E-state index contributed by atoms with van der Waals surface area (Å²) in [7, 11) is 0. The van der Waals surface area contributed by atoms with Gasteiger partial charge in [0.1, 0.15) is 13.2 Å². The first-order chi connectivity index (χ1) is 11.7. The molecule has 1 aromatic rings. The summed E-state index contributed by atoms with van der Waals surface area (Å²) in [5, 5.41) is 3.39. The van der Waals surface area contributed by atoms with Crippen molar-refractivity contribution in [3.05, 3.63) is 17.2 Å². The summed E-state index contributed by atoms with van der Waals surface area (Å²) in [6.45, 7) is 3.27. The molecule has 0 bridgehead atoms. The van der Waals surface area contributed by atoms with Crippen LogP contribution in [0.1, 0.15) is 19.3 Å². The number of urea groups is 1. The first-order valence-corrected chi connectivity index (χ1v) is 8.83. The van der Waals surface area contributed by atoms with Gasteiger partial charge in [-0.3, -0.25) is 0 Å². The second-order valence-electron chi connectivity index (χ2n) is 6.52. The lowest BCUT2D eigenvalue weighted by Gasteiger charge is -2.26. The SMILES string of the molecule is O=C(Nc1cc2c(cc1Cl)OCCO2)N(CC1CCOC1)C1CC1. The Kier molecular flexibility index (Phi) is 4.41. The van der Waals surface area contributed by atoms with Gasteiger partial charge in [-0.1, -0.05) is 11.6 Å². The van der Waals surface area contributed by atoms with Crippen LogP contribution in [-0.4, -0.2) is 49.9 Å². The molecule has 0 spiro atoms. The van der Waals surface area contributed by atoms with Gasteiger partial charge < -0.3 is 24.4 Å². The molecule has 3 aliphatic rings. The number of nitrogens with one attached hydrogen (secondary N) is 1. The van der Waals surface area contributed by atoms with Crippen LogP contribution in [0.25, 0.3) is 0 Å². The van der Waals surface area contributed by atoms with Crippen LogP contribution in [0.4, 0.5) is 10.5 Å². The van der Waals surface area contributed by atoms with Crippen LogP contribution in [0, 0.1) is 5.92 Å². The molecule has 1 aromatic carbocycles. The Morgan fingerprint density at radius 3 is 2.58 bits per heavy atom. The van der Waals surface area contributed by atoms with E-state index in [9.17, 15) is 4.79 Å². The number of amides is 2. The van der Waals surface area contributed by atoms with Crippen molar-refractivity contribution >= 4 is 23.3 Å². The molecule has 1 saturated carbocycles. The molecule has 4 rings (SSSR count). The Hall–Kier alpha value is -1.66. The fraction of sp³-hybridized carbons (Fsp3) is 0.588. The highest BCUT2D eigenvalue weighted by atomic mass is 35.5. The number of fused-ring (bicyclic) bond motifs is 1. The van der Waals surface area contributed by atoms with Gasteiger partial charge in [0.2, 0.25) is 0 Å². The predicted octanol–water partition coefficient (Wildman–Crippen LogP) is 3.14. The molecule has 2 fully saturated rings. The monoisotopic (exact) mass is 352 g/mol. The number of benzene rings is 1. The maximum atomic E-state index is 12.7. The van der Waals surface area contributed by atoms with Crippen LogP contribution in [0.15, 0.2) is 12.1 Å². The van der Waals surface area contributed by atoms with Crippen molar-refractivity contribution in [3.63, 3.8) is 0 Å². The van der Waals surface area contributed by atoms with Crippen LogP contribution in [-0.2, 0) is 4.74 Å². The van der Waals surface area contributed by atoms with Gasteiger partial charge in [-0.25, -0.2) is 4.79 Å². The Balaban J connectivity index is 1.47. The number of halogens is 1. The van der Waals surface area contributed by atoms with Gasteiger partial charge in [0.05, 0.1) is 17.3 Å². The van der Waals surface area contributed by atoms with Crippen LogP contribution in [0.2, 0.25) is 5.02 Å². The van der Waals surface area contributed by atoms with Gasteiger partial charge in [0.15, 0.2) is 11.5 Å². The quantitative estimate of drug-likeness (QED) is 0.904. The van der Waals surface area contributed by atoms with E-state index in [4.69, 9.17) is 25.8 Å². The minimum absolute atomic E-state index is 0.108. The molecule has 2 amide bonds. The zero-order valence-electron chi connectivity index (χ0n) is 13.4. The molecule has 6 nitrogen and oxygen atoms in total. The zero-order chi connectivity index (χ0) is 16.5. The van der Waals surface area contributed by atoms with Crippen LogP contribution in [0.5, 0.6) is 11.5 Å². The smallest absolute Gasteiger partial charge is 0.322 e. The first kappa shape index (κ1) is 15.8. The summed E-state index contributed by atoms with van der Waals surface area (Å²) in [6.07, 6.45) is 3.15. The predicted molar refractivity (Wildman–Crippen MR) is 90.1 cm³/mol. The highest BCUT2D eigenvalue weighted by Crippen LogP contribution is 2.38. The van der Waals surface area contributed by atoms with Crippen molar-refractivity contribution in [1.29, 1.82) is 0 Å². The second kappa shape index (κ2) is 6.69. The molecule has 24 heavy (non-hydrogen) atoms. The number of rotatable bonds is 4. The number of hydrogen-bond acceptors (Lipinski definition) is 4. The van der Waals surface area contributed by atoms with Gasteiger partial charge in [-0.15, -0.1) is 0 Å². The summed E-state index contributed by atoms with van der Waals surface area (Å²) in [6, 6.07) is 3.65. The van der Waals surface area contributed by atoms with Crippen LogP contribution in [0.3, 0.4) is 0 Å². The number of carbonyl (C=O) groups is 1. The molecule has 130 valence electrons. The third-order valence-electron chi connectivity index (χ3n) is 4.60. The Labute approximate surface area is 146 Å². The van der Waals surface area contributed by atoms with Crippen LogP contribution >= 0.6 is 11.6 Å². The minimum atomic E-state index is -0.108. The highest BCUT2D eigenvalue weighted by molar-refractivity contribution is 6.34. The van der Waals surface area contributed by atoms with E-state index in [1.54, 1.807) is 12.1 Å². The van der Waals surface area contributed by atoms with Crippen molar-refractivity contribution < 1.29 is 19.0 Å². The standard InChI is InChI=1S/C17H21ClN2O4/c18-13-7-15-16(24-6-5-23-15)8-14(13)19-17(21)20(12-1-2-12)9-11-3-4-22-10-11/h7-8,11-12H,1-6,9-10H2,(H,19,21). The third kappa shape index (κ3) is 3.39. The molecule has 1 unspecified atom stereocenters. The molecule has 0 radical (unpaired) electrons. The summed E-state index contributed by atoms with van der Waals surface area (Å²) in [5.74, 6) is 1.65. The number of hydrogen-bond donors (Lipinski definition) is 1. The number of carbonyl (C=O) groups excluding carboxylic acids is 1. The lowest BCUT2D eigenvalue weighted by atomic mass is 10.1. The third-order valence-corrected chi connectivity index (χ3v) is 4.91. The van der Waals surface area contributed by atoms with Gasteiger partial charge in [0, 0.05) is 37.2 Å². The molecule has 1 N–H and O–H groups in total. The van der Waals surface area contributed by atoms with Gasteiger partial charge in [-0.05, 0) is 19.3 Å². The van der Waals surface area contributed by atoms with E-state index in [1.165, 1.54) is 0 Å². The van der Waals surface area contributed by atoms with E-state index < -0.39 is 0 Å².